The Morgan fingerprint density at radius 1 is 0.917 bits per heavy atom. The van der Waals surface area contributed by atoms with E-state index < -0.39 is 4.70 Å². The van der Waals surface area contributed by atoms with Crippen molar-refractivity contribution in [3.05, 3.63) is 0 Å². The van der Waals surface area contributed by atoms with Crippen LogP contribution in [-0.4, -0.2) is 28.1 Å². The molecule has 0 aliphatic heterocycles. The van der Waals surface area contributed by atoms with Crippen LogP contribution in [0, 0.1) is 0 Å². The summed E-state index contributed by atoms with van der Waals surface area (Å²) in [6, 6.07) is 0. The lowest BCUT2D eigenvalue weighted by Crippen LogP contribution is -1.85. The van der Waals surface area contributed by atoms with E-state index in [2.05, 4.69) is 23.2 Å². The molecule has 2 N–H and O–H groups in total. The van der Waals surface area contributed by atoms with Crippen molar-refractivity contribution in [1.29, 1.82) is 0 Å². The Labute approximate surface area is 82.3 Å². The molecule has 0 aromatic rings. The second kappa shape index (κ2) is 13.7. The molecule has 0 aromatic heterocycles. The summed E-state index contributed by atoms with van der Waals surface area (Å²) in [5.74, 6) is 0. The maximum atomic E-state index is 8.98. The zero-order valence-electron chi connectivity index (χ0n) is 6.80. The van der Waals surface area contributed by atoms with Crippen molar-refractivity contribution >= 4 is 27.9 Å². The van der Waals surface area contributed by atoms with E-state index in [1.54, 1.807) is 0 Å². The SMILES string of the molecule is O=C(Cl)Cl.OCCCCCCO. The van der Waals surface area contributed by atoms with Gasteiger partial charge >= 0.3 is 4.70 Å². The second-order valence-corrected chi connectivity index (χ2v) is 2.97. The minimum absolute atomic E-state index is 0.283. The van der Waals surface area contributed by atoms with Gasteiger partial charge in [-0.1, -0.05) is 12.8 Å². The molecule has 0 heterocycles. The molecule has 0 aromatic carbocycles. The molecular weight excluding hydrogens is 203 g/mol. The molecule has 12 heavy (non-hydrogen) atoms. The van der Waals surface area contributed by atoms with E-state index in [1.807, 2.05) is 0 Å². The van der Waals surface area contributed by atoms with Gasteiger partial charge in [-0.15, -0.1) is 0 Å². The van der Waals surface area contributed by atoms with E-state index >= 15 is 0 Å². The number of hydrogen-bond acceptors (Lipinski definition) is 3. The lowest BCUT2D eigenvalue weighted by molar-refractivity contribution is 0.265. The first-order valence-electron chi connectivity index (χ1n) is 3.71. The normalized spacial score (nSPS) is 8.67. The summed E-state index contributed by atoms with van der Waals surface area (Å²) in [7, 11) is 0. The van der Waals surface area contributed by atoms with Gasteiger partial charge in [0.05, 0.1) is 0 Å². The van der Waals surface area contributed by atoms with Gasteiger partial charge in [0.2, 0.25) is 0 Å². The number of rotatable bonds is 5. The summed E-state index contributed by atoms with van der Waals surface area (Å²) >= 11 is 8.80. The smallest absolute Gasteiger partial charge is 0.313 e. The summed E-state index contributed by atoms with van der Waals surface area (Å²) in [5, 5.41) is 16.6. The Morgan fingerprint density at radius 3 is 1.33 bits per heavy atom. The second-order valence-electron chi connectivity index (χ2n) is 2.09. The van der Waals surface area contributed by atoms with Gasteiger partial charge in [-0.05, 0) is 36.0 Å². The number of carbonyl (C=O) groups is 1. The minimum Gasteiger partial charge on any atom is -0.396 e. The monoisotopic (exact) mass is 216 g/mol. The van der Waals surface area contributed by atoms with Gasteiger partial charge in [-0.2, -0.15) is 0 Å². The summed E-state index contributed by atoms with van der Waals surface area (Å²) in [6.45, 7) is 0.566. The zero-order chi connectivity index (χ0) is 9.82. The molecule has 0 unspecified atom stereocenters. The van der Waals surface area contributed by atoms with Crippen LogP contribution in [-0.2, 0) is 0 Å². The number of halogens is 2. The van der Waals surface area contributed by atoms with Crippen LogP contribution in [0.1, 0.15) is 25.7 Å². The van der Waals surface area contributed by atoms with Crippen LogP contribution < -0.4 is 0 Å². The largest absolute Gasteiger partial charge is 0.396 e. The Bertz CT molecular complexity index is 88.7. The van der Waals surface area contributed by atoms with Crippen LogP contribution >= 0.6 is 23.2 Å². The average Bonchev–Trinajstić information content (AvgIpc) is 1.97. The molecule has 0 aliphatic rings. The molecule has 0 radical (unpaired) electrons. The fraction of sp³-hybridized carbons (Fsp3) is 0.857. The molecule has 0 aliphatic carbocycles. The van der Waals surface area contributed by atoms with Crippen molar-refractivity contribution in [3.8, 4) is 0 Å². The van der Waals surface area contributed by atoms with Crippen molar-refractivity contribution < 1.29 is 15.0 Å². The van der Waals surface area contributed by atoms with Crippen molar-refractivity contribution in [2.45, 2.75) is 25.7 Å². The third-order valence-corrected chi connectivity index (χ3v) is 1.07. The molecule has 0 saturated heterocycles. The van der Waals surface area contributed by atoms with Crippen LogP contribution in [0.2, 0.25) is 0 Å². The number of aliphatic hydroxyl groups is 2. The number of unbranched alkanes of at least 4 members (excludes halogenated alkanes) is 3. The van der Waals surface area contributed by atoms with E-state index in [0.29, 0.717) is 0 Å². The van der Waals surface area contributed by atoms with Gasteiger partial charge in [-0.25, -0.2) is 0 Å². The van der Waals surface area contributed by atoms with Crippen molar-refractivity contribution in [1.82, 2.24) is 0 Å². The first-order valence-corrected chi connectivity index (χ1v) is 4.47. The van der Waals surface area contributed by atoms with E-state index in [1.165, 1.54) is 0 Å². The molecule has 5 heteroatoms. The van der Waals surface area contributed by atoms with Gasteiger partial charge in [0, 0.05) is 13.2 Å². The maximum absolute atomic E-state index is 8.98. The summed E-state index contributed by atoms with van der Waals surface area (Å²) < 4.78 is -0.889. The van der Waals surface area contributed by atoms with Crippen molar-refractivity contribution in [2.24, 2.45) is 0 Å². The molecule has 3 nitrogen and oxygen atoms in total. The fourth-order valence-electron chi connectivity index (χ4n) is 0.577. The molecule has 0 bridgehead atoms. The molecular formula is C7H14Cl2O3. The van der Waals surface area contributed by atoms with Crippen LogP contribution in [0.15, 0.2) is 0 Å². The Kier molecular flexibility index (Phi) is 16.8. The summed E-state index contributed by atoms with van der Waals surface area (Å²) in [4.78, 5) is 8.98. The van der Waals surface area contributed by atoms with Crippen LogP contribution in [0.4, 0.5) is 4.79 Å². The van der Waals surface area contributed by atoms with Gasteiger partial charge < -0.3 is 10.2 Å². The minimum atomic E-state index is -0.889. The number of carbonyl (C=O) groups excluding carboxylic acids is 1. The highest BCUT2D eigenvalue weighted by molar-refractivity contribution is 6.93. The van der Waals surface area contributed by atoms with Gasteiger partial charge in [0.1, 0.15) is 0 Å². The van der Waals surface area contributed by atoms with Crippen LogP contribution in [0.5, 0.6) is 0 Å². The van der Waals surface area contributed by atoms with Crippen LogP contribution in [0.3, 0.4) is 0 Å². The van der Waals surface area contributed by atoms with E-state index in [-0.39, 0.29) is 13.2 Å². The topological polar surface area (TPSA) is 57.5 Å². The first-order chi connectivity index (χ1) is 5.65. The number of aliphatic hydroxyl groups excluding tert-OH is 2. The van der Waals surface area contributed by atoms with Gasteiger partial charge in [0.15, 0.2) is 0 Å². The molecule has 0 atom stereocenters. The van der Waals surface area contributed by atoms with E-state index in [9.17, 15) is 0 Å². The van der Waals surface area contributed by atoms with Crippen LogP contribution in [0.25, 0.3) is 0 Å². The van der Waals surface area contributed by atoms with Crippen molar-refractivity contribution in [3.63, 3.8) is 0 Å². The first kappa shape index (κ1) is 14.7. The molecule has 0 fully saturated rings. The molecule has 0 amide bonds. The standard InChI is InChI=1S/C6H14O2.CCl2O/c7-5-3-1-2-4-6-8;2-1(3)4/h7-8H,1-6H2;. The predicted molar refractivity (Wildman–Crippen MR) is 49.7 cm³/mol. The predicted octanol–water partition coefficient (Wildman–Crippen LogP) is 2.12. The highest BCUT2D eigenvalue weighted by atomic mass is 35.5. The zero-order valence-corrected chi connectivity index (χ0v) is 8.31. The maximum Gasteiger partial charge on any atom is 0.313 e. The Hall–Kier alpha value is 0.170. The molecule has 0 saturated carbocycles. The third-order valence-electron chi connectivity index (χ3n) is 1.07. The number of hydrogen-bond donors (Lipinski definition) is 2. The Morgan fingerprint density at radius 2 is 1.17 bits per heavy atom. The van der Waals surface area contributed by atoms with E-state index in [4.69, 9.17) is 15.0 Å². The highest BCUT2D eigenvalue weighted by Gasteiger charge is 1.84. The van der Waals surface area contributed by atoms with Crippen molar-refractivity contribution in [2.75, 3.05) is 13.2 Å². The van der Waals surface area contributed by atoms with E-state index in [0.717, 1.165) is 25.7 Å². The van der Waals surface area contributed by atoms with Gasteiger partial charge in [-0.3, -0.25) is 4.79 Å². The summed E-state index contributed by atoms with van der Waals surface area (Å²) in [6.07, 6.45) is 3.83. The molecule has 0 spiro atoms. The molecule has 0 rings (SSSR count). The highest BCUT2D eigenvalue weighted by Crippen LogP contribution is 1.96. The molecule has 74 valence electrons. The average molecular weight is 217 g/mol. The lowest BCUT2D eigenvalue weighted by Gasteiger charge is -1.93. The quantitative estimate of drug-likeness (QED) is 0.547. The lowest BCUT2D eigenvalue weighted by atomic mass is 10.2. The third kappa shape index (κ3) is 32.0. The Balaban J connectivity index is 0. The summed E-state index contributed by atoms with van der Waals surface area (Å²) in [5.41, 5.74) is 0. The fourth-order valence-corrected chi connectivity index (χ4v) is 0.577. The van der Waals surface area contributed by atoms with Gasteiger partial charge in [0.25, 0.3) is 0 Å².